The summed E-state index contributed by atoms with van der Waals surface area (Å²) in [7, 11) is 1.64. The number of likely N-dealkylation sites (tertiary alicyclic amines) is 1. The molecule has 1 aliphatic rings. The van der Waals surface area contributed by atoms with Crippen LogP contribution in [0.4, 0.5) is 0 Å². The Morgan fingerprint density at radius 1 is 1.12 bits per heavy atom. The average Bonchev–Trinajstić information content (AvgIpc) is 3.16. The highest BCUT2D eigenvalue weighted by atomic mass is 16.5. The molecule has 0 saturated carbocycles. The zero-order valence-electron chi connectivity index (χ0n) is 15.2. The Kier molecular flexibility index (Phi) is 5.56. The average molecular weight is 352 g/mol. The van der Waals surface area contributed by atoms with Gasteiger partial charge in [-0.2, -0.15) is 0 Å². The molecule has 0 bridgehead atoms. The first-order chi connectivity index (χ1) is 12.6. The van der Waals surface area contributed by atoms with Crippen LogP contribution in [0, 0.1) is 6.92 Å². The molecule has 1 aliphatic heterocycles. The highest BCUT2D eigenvalue weighted by Crippen LogP contribution is 2.32. The van der Waals surface area contributed by atoms with Gasteiger partial charge in [0.15, 0.2) is 0 Å². The van der Waals surface area contributed by atoms with E-state index in [2.05, 4.69) is 5.32 Å². The highest BCUT2D eigenvalue weighted by molar-refractivity contribution is 5.96. The zero-order chi connectivity index (χ0) is 18.5. The summed E-state index contributed by atoms with van der Waals surface area (Å²) in [6.07, 6.45) is 1.90. The Morgan fingerprint density at radius 3 is 2.46 bits per heavy atom. The Bertz CT molecular complexity index is 769. The molecule has 0 aliphatic carbocycles. The number of aryl methyl sites for hydroxylation is 1. The van der Waals surface area contributed by atoms with Crippen LogP contribution in [0.3, 0.4) is 0 Å². The topological polar surface area (TPSA) is 58.6 Å². The summed E-state index contributed by atoms with van der Waals surface area (Å²) in [5.74, 6) is 0.525. The molecule has 0 radical (unpaired) electrons. The molecular formula is C21H24N2O3. The van der Waals surface area contributed by atoms with E-state index in [4.69, 9.17) is 4.74 Å². The maximum Gasteiger partial charge on any atom is 0.251 e. The van der Waals surface area contributed by atoms with Crippen LogP contribution >= 0.6 is 0 Å². The second kappa shape index (κ2) is 8.04. The molecule has 1 atom stereocenters. The number of hydrogen-bond acceptors (Lipinski definition) is 3. The first kappa shape index (κ1) is 18.0. The second-order valence-corrected chi connectivity index (χ2v) is 6.57. The maximum absolute atomic E-state index is 12.6. The number of carbonyl (C=O) groups is 2. The van der Waals surface area contributed by atoms with Gasteiger partial charge in [-0.05, 0) is 49.6 Å². The van der Waals surface area contributed by atoms with Crippen molar-refractivity contribution in [2.45, 2.75) is 25.8 Å². The molecule has 136 valence electrons. The lowest BCUT2D eigenvalue weighted by molar-refractivity contribution is -0.131. The summed E-state index contributed by atoms with van der Waals surface area (Å²) in [5, 5.41) is 2.74. The van der Waals surface area contributed by atoms with E-state index in [0.717, 1.165) is 36.3 Å². The summed E-state index contributed by atoms with van der Waals surface area (Å²) in [6.45, 7) is 2.70. The van der Waals surface area contributed by atoms with Gasteiger partial charge in [0.2, 0.25) is 5.91 Å². The van der Waals surface area contributed by atoms with Crippen LogP contribution < -0.4 is 10.1 Å². The highest BCUT2D eigenvalue weighted by Gasteiger charge is 2.29. The van der Waals surface area contributed by atoms with E-state index in [1.807, 2.05) is 48.2 Å². The van der Waals surface area contributed by atoms with Crippen molar-refractivity contribution < 1.29 is 14.3 Å². The van der Waals surface area contributed by atoms with E-state index in [1.165, 1.54) is 0 Å². The molecular weight excluding hydrogens is 328 g/mol. The number of amides is 2. The Labute approximate surface area is 154 Å². The van der Waals surface area contributed by atoms with Crippen LogP contribution in [-0.4, -0.2) is 36.9 Å². The Balaban J connectivity index is 1.61. The molecule has 2 aromatic rings. The number of hydrogen-bond donors (Lipinski definition) is 1. The lowest BCUT2D eigenvalue weighted by atomic mass is 10.0. The number of nitrogens with one attached hydrogen (secondary N) is 1. The van der Waals surface area contributed by atoms with Crippen LogP contribution in [0.25, 0.3) is 0 Å². The van der Waals surface area contributed by atoms with Crippen LogP contribution in [0.1, 0.15) is 40.4 Å². The molecule has 2 aromatic carbocycles. The quantitative estimate of drug-likeness (QED) is 0.900. The smallest absolute Gasteiger partial charge is 0.251 e. The first-order valence-corrected chi connectivity index (χ1v) is 8.87. The molecule has 0 spiro atoms. The number of methoxy groups -OCH3 is 1. The molecule has 0 aromatic heterocycles. The molecule has 3 rings (SSSR count). The van der Waals surface area contributed by atoms with Gasteiger partial charge in [-0.1, -0.05) is 29.8 Å². The second-order valence-electron chi connectivity index (χ2n) is 6.57. The third-order valence-corrected chi connectivity index (χ3v) is 4.79. The van der Waals surface area contributed by atoms with E-state index in [0.29, 0.717) is 5.56 Å². The number of rotatable bonds is 5. The van der Waals surface area contributed by atoms with Gasteiger partial charge in [0.25, 0.3) is 5.91 Å². The molecule has 1 heterocycles. The fourth-order valence-corrected chi connectivity index (χ4v) is 3.30. The van der Waals surface area contributed by atoms with Crippen LogP contribution in [0.5, 0.6) is 5.75 Å². The van der Waals surface area contributed by atoms with Crippen LogP contribution in [0.15, 0.2) is 48.5 Å². The number of carbonyl (C=O) groups excluding carboxylic acids is 2. The van der Waals surface area contributed by atoms with E-state index in [9.17, 15) is 9.59 Å². The van der Waals surface area contributed by atoms with Gasteiger partial charge in [0.1, 0.15) is 5.75 Å². The van der Waals surface area contributed by atoms with Crippen molar-refractivity contribution in [1.29, 1.82) is 0 Å². The van der Waals surface area contributed by atoms with E-state index < -0.39 is 0 Å². The van der Waals surface area contributed by atoms with E-state index in [1.54, 1.807) is 19.2 Å². The number of benzene rings is 2. The largest absolute Gasteiger partial charge is 0.497 e. The maximum atomic E-state index is 12.6. The van der Waals surface area contributed by atoms with Gasteiger partial charge in [0.05, 0.1) is 19.7 Å². The van der Waals surface area contributed by atoms with Crippen molar-refractivity contribution in [2.24, 2.45) is 0 Å². The zero-order valence-corrected chi connectivity index (χ0v) is 15.2. The van der Waals surface area contributed by atoms with Crippen molar-refractivity contribution in [3.8, 4) is 5.75 Å². The monoisotopic (exact) mass is 352 g/mol. The van der Waals surface area contributed by atoms with E-state index >= 15 is 0 Å². The van der Waals surface area contributed by atoms with Gasteiger partial charge in [-0.15, -0.1) is 0 Å². The molecule has 2 amide bonds. The molecule has 26 heavy (non-hydrogen) atoms. The molecule has 1 N–H and O–H groups in total. The summed E-state index contributed by atoms with van der Waals surface area (Å²) in [4.78, 5) is 26.7. The molecule has 1 unspecified atom stereocenters. The minimum absolute atomic E-state index is 0.0133. The minimum atomic E-state index is -0.224. The minimum Gasteiger partial charge on any atom is -0.497 e. The summed E-state index contributed by atoms with van der Waals surface area (Å²) < 4.78 is 5.19. The van der Waals surface area contributed by atoms with Crippen molar-refractivity contribution in [2.75, 3.05) is 20.2 Å². The van der Waals surface area contributed by atoms with Crippen molar-refractivity contribution in [3.05, 3.63) is 65.2 Å². The van der Waals surface area contributed by atoms with Crippen LogP contribution in [-0.2, 0) is 4.79 Å². The summed E-state index contributed by atoms with van der Waals surface area (Å²) in [6, 6.07) is 15.2. The van der Waals surface area contributed by atoms with Gasteiger partial charge in [0, 0.05) is 12.1 Å². The third-order valence-electron chi connectivity index (χ3n) is 4.79. The third kappa shape index (κ3) is 4.04. The Hall–Kier alpha value is -2.82. The molecule has 1 saturated heterocycles. The van der Waals surface area contributed by atoms with Crippen LogP contribution in [0.2, 0.25) is 0 Å². The SMILES string of the molecule is COc1ccc(C2CCCN2C(=O)CNC(=O)c2ccc(C)cc2)cc1. The molecule has 5 nitrogen and oxygen atoms in total. The fraction of sp³-hybridized carbons (Fsp3) is 0.333. The number of ether oxygens (including phenoxy) is 1. The van der Waals surface area contributed by atoms with E-state index in [-0.39, 0.29) is 24.4 Å². The lowest BCUT2D eigenvalue weighted by Crippen LogP contribution is -2.39. The summed E-state index contributed by atoms with van der Waals surface area (Å²) in [5.41, 5.74) is 2.76. The summed E-state index contributed by atoms with van der Waals surface area (Å²) >= 11 is 0. The standard InChI is InChI=1S/C21H24N2O3/c1-15-5-7-17(8-6-15)21(25)22-14-20(24)23-13-3-4-19(23)16-9-11-18(26-2)12-10-16/h5-12,19H,3-4,13-14H2,1-2H3,(H,22,25). The normalized spacial score (nSPS) is 16.4. The van der Waals surface area contributed by atoms with Gasteiger partial charge in [-0.25, -0.2) is 0 Å². The van der Waals surface area contributed by atoms with Crippen molar-refractivity contribution in [3.63, 3.8) is 0 Å². The predicted octanol–water partition coefficient (Wildman–Crippen LogP) is 3.10. The van der Waals surface area contributed by atoms with Crippen molar-refractivity contribution >= 4 is 11.8 Å². The number of nitrogens with zero attached hydrogens (tertiary/aromatic N) is 1. The lowest BCUT2D eigenvalue weighted by Gasteiger charge is -2.25. The van der Waals surface area contributed by atoms with Gasteiger partial charge in [-0.3, -0.25) is 9.59 Å². The molecule has 1 fully saturated rings. The van der Waals surface area contributed by atoms with Gasteiger partial charge < -0.3 is 15.0 Å². The van der Waals surface area contributed by atoms with Crippen molar-refractivity contribution in [1.82, 2.24) is 10.2 Å². The first-order valence-electron chi connectivity index (χ1n) is 8.87. The molecule has 5 heteroatoms. The van der Waals surface area contributed by atoms with Gasteiger partial charge >= 0.3 is 0 Å². The fourth-order valence-electron chi connectivity index (χ4n) is 3.30. The predicted molar refractivity (Wildman–Crippen MR) is 100 cm³/mol. The Morgan fingerprint density at radius 2 is 1.81 bits per heavy atom.